The van der Waals surface area contributed by atoms with Crippen molar-refractivity contribution in [3.63, 3.8) is 0 Å². The van der Waals surface area contributed by atoms with Crippen molar-refractivity contribution in [2.45, 2.75) is 32.0 Å². The Balaban J connectivity index is 1.84. The summed E-state index contributed by atoms with van der Waals surface area (Å²) in [7, 11) is 0. The van der Waals surface area contributed by atoms with E-state index in [0.717, 1.165) is 25.0 Å². The molecule has 1 N–H and O–H groups in total. The smallest absolute Gasteiger partial charge is 0.326 e. The van der Waals surface area contributed by atoms with Crippen molar-refractivity contribution < 1.29 is 22.8 Å². The lowest BCUT2D eigenvalue weighted by molar-refractivity contribution is -0.137. The molecule has 0 bridgehead atoms. The van der Waals surface area contributed by atoms with Crippen LogP contribution in [0.3, 0.4) is 0 Å². The summed E-state index contributed by atoms with van der Waals surface area (Å²) in [5.41, 5.74) is 0.674. The van der Waals surface area contributed by atoms with Crippen LogP contribution >= 0.6 is 0 Å². The highest BCUT2D eigenvalue weighted by Gasteiger charge is 2.35. The average molecular weight is 362 g/mol. The number of nitrogens with zero attached hydrogens (tertiary/aromatic N) is 1. The molecule has 0 unspecified atom stereocenters. The van der Waals surface area contributed by atoms with E-state index in [1.165, 1.54) is 19.1 Å². The largest absolute Gasteiger partial charge is 0.416 e. The summed E-state index contributed by atoms with van der Waals surface area (Å²) in [5, 5.41) is 2.65. The molecular weight excluding hydrogens is 345 g/mol. The second-order valence-corrected chi connectivity index (χ2v) is 6.21. The molecule has 4 nitrogen and oxygen atoms in total. The Morgan fingerprint density at radius 1 is 1.00 bits per heavy atom. The lowest BCUT2D eigenvalue weighted by atomic mass is 10.1. The molecule has 0 aliphatic heterocycles. The molecule has 2 aromatic rings. The zero-order valence-corrected chi connectivity index (χ0v) is 14.0. The van der Waals surface area contributed by atoms with Gasteiger partial charge in [0.2, 0.25) is 5.91 Å². The molecule has 7 heteroatoms. The Morgan fingerprint density at radius 2 is 1.58 bits per heavy atom. The minimum Gasteiger partial charge on any atom is -0.326 e. The first-order valence-corrected chi connectivity index (χ1v) is 8.14. The number of alkyl halides is 3. The van der Waals surface area contributed by atoms with Crippen molar-refractivity contribution in [2.75, 3.05) is 10.2 Å². The van der Waals surface area contributed by atoms with Gasteiger partial charge in [0, 0.05) is 29.9 Å². The fraction of sp³-hybridized carbons (Fsp3) is 0.263. The summed E-state index contributed by atoms with van der Waals surface area (Å²) < 4.78 is 38.1. The number of carbonyl (C=O) groups excluding carboxylic acids is 2. The SMILES string of the molecule is CC(=O)Nc1ccc(N(C(=O)c2ccc(C(F)(F)F)cc2)C2CC2)cc1. The standard InChI is InChI=1S/C19H17F3N2O2/c1-12(25)23-15-6-8-16(9-7-15)24(17-10-11-17)18(26)13-2-4-14(5-3-13)19(20,21)22/h2-9,17H,10-11H2,1H3,(H,23,25). The highest BCUT2D eigenvalue weighted by atomic mass is 19.4. The van der Waals surface area contributed by atoms with Gasteiger partial charge < -0.3 is 10.2 Å². The predicted octanol–water partition coefficient (Wildman–Crippen LogP) is 4.47. The number of rotatable bonds is 4. The second-order valence-electron chi connectivity index (χ2n) is 6.21. The van der Waals surface area contributed by atoms with E-state index >= 15 is 0 Å². The summed E-state index contributed by atoms with van der Waals surface area (Å²) in [4.78, 5) is 25.5. The van der Waals surface area contributed by atoms with Crippen molar-refractivity contribution in [1.29, 1.82) is 0 Å². The Labute approximate surface area is 148 Å². The molecule has 0 heterocycles. The molecular formula is C19H17F3N2O2. The van der Waals surface area contributed by atoms with Gasteiger partial charge in [-0.1, -0.05) is 0 Å². The van der Waals surface area contributed by atoms with Crippen LogP contribution < -0.4 is 10.2 Å². The van der Waals surface area contributed by atoms with Crippen LogP contribution in [-0.4, -0.2) is 17.9 Å². The number of amides is 2. The lowest BCUT2D eigenvalue weighted by Crippen LogP contribution is -2.33. The van der Waals surface area contributed by atoms with E-state index in [1.54, 1.807) is 29.2 Å². The number of hydrogen-bond donors (Lipinski definition) is 1. The molecule has 1 aliphatic carbocycles. The number of hydrogen-bond acceptors (Lipinski definition) is 2. The van der Waals surface area contributed by atoms with E-state index in [1.807, 2.05) is 0 Å². The number of halogens is 3. The topological polar surface area (TPSA) is 49.4 Å². The molecule has 1 saturated carbocycles. The van der Waals surface area contributed by atoms with Crippen LogP contribution in [0.2, 0.25) is 0 Å². The lowest BCUT2D eigenvalue weighted by Gasteiger charge is -2.23. The minimum atomic E-state index is -4.43. The van der Waals surface area contributed by atoms with Crippen LogP contribution in [0.5, 0.6) is 0 Å². The van der Waals surface area contributed by atoms with Crippen LogP contribution in [0.1, 0.15) is 35.7 Å². The quantitative estimate of drug-likeness (QED) is 0.872. The molecule has 1 aliphatic rings. The molecule has 0 radical (unpaired) electrons. The molecule has 0 saturated heterocycles. The van der Waals surface area contributed by atoms with E-state index < -0.39 is 11.7 Å². The van der Waals surface area contributed by atoms with E-state index in [4.69, 9.17) is 0 Å². The van der Waals surface area contributed by atoms with Crippen LogP contribution in [0.4, 0.5) is 24.5 Å². The molecule has 0 aromatic heterocycles. The molecule has 1 fully saturated rings. The van der Waals surface area contributed by atoms with Crippen molar-refractivity contribution in [1.82, 2.24) is 0 Å². The normalized spacial score (nSPS) is 14.0. The average Bonchev–Trinajstić information content (AvgIpc) is 3.40. The molecule has 2 amide bonds. The van der Waals surface area contributed by atoms with Gasteiger partial charge in [0.05, 0.1) is 5.56 Å². The molecule has 0 atom stereocenters. The summed E-state index contributed by atoms with van der Waals surface area (Å²) in [6.07, 6.45) is -2.74. The van der Waals surface area contributed by atoms with Crippen LogP contribution in [0.15, 0.2) is 48.5 Å². The third-order valence-electron chi connectivity index (χ3n) is 4.06. The van der Waals surface area contributed by atoms with Crippen LogP contribution in [0.25, 0.3) is 0 Å². The first kappa shape index (κ1) is 18.0. The monoisotopic (exact) mass is 362 g/mol. The fourth-order valence-electron chi connectivity index (χ4n) is 2.68. The zero-order valence-electron chi connectivity index (χ0n) is 14.0. The zero-order chi connectivity index (χ0) is 18.9. The highest BCUT2D eigenvalue weighted by molar-refractivity contribution is 6.07. The Kier molecular flexibility index (Phi) is 4.71. The van der Waals surface area contributed by atoms with Gasteiger partial charge in [-0.2, -0.15) is 13.2 Å². The Bertz CT molecular complexity index is 810. The van der Waals surface area contributed by atoms with Gasteiger partial charge in [-0.05, 0) is 61.4 Å². The fourth-order valence-corrected chi connectivity index (χ4v) is 2.68. The molecule has 2 aromatic carbocycles. The molecule has 136 valence electrons. The van der Waals surface area contributed by atoms with Gasteiger partial charge in [0.25, 0.3) is 5.91 Å². The summed E-state index contributed by atoms with van der Waals surface area (Å²) in [5.74, 6) is -0.536. The third kappa shape index (κ3) is 4.04. The molecule has 0 spiro atoms. The predicted molar refractivity (Wildman–Crippen MR) is 92.0 cm³/mol. The van der Waals surface area contributed by atoms with Crippen LogP contribution in [-0.2, 0) is 11.0 Å². The molecule has 3 rings (SSSR count). The van der Waals surface area contributed by atoms with Gasteiger partial charge in [-0.25, -0.2) is 0 Å². The highest BCUT2D eigenvalue weighted by Crippen LogP contribution is 2.34. The number of benzene rings is 2. The van der Waals surface area contributed by atoms with E-state index in [-0.39, 0.29) is 23.4 Å². The van der Waals surface area contributed by atoms with E-state index in [0.29, 0.717) is 11.4 Å². The number of carbonyl (C=O) groups is 2. The van der Waals surface area contributed by atoms with Gasteiger partial charge in [0.15, 0.2) is 0 Å². The number of anilines is 2. The maximum absolute atomic E-state index is 12.8. The van der Waals surface area contributed by atoms with Crippen molar-refractivity contribution in [3.05, 3.63) is 59.7 Å². The van der Waals surface area contributed by atoms with Gasteiger partial charge in [0.1, 0.15) is 0 Å². The van der Waals surface area contributed by atoms with Crippen LogP contribution in [0, 0.1) is 0 Å². The maximum Gasteiger partial charge on any atom is 0.416 e. The van der Waals surface area contributed by atoms with Crippen molar-refractivity contribution in [3.8, 4) is 0 Å². The summed E-state index contributed by atoms with van der Waals surface area (Å²) in [6.45, 7) is 1.40. The van der Waals surface area contributed by atoms with E-state index in [9.17, 15) is 22.8 Å². The van der Waals surface area contributed by atoms with Gasteiger partial charge >= 0.3 is 6.18 Å². The van der Waals surface area contributed by atoms with E-state index in [2.05, 4.69) is 5.32 Å². The maximum atomic E-state index is 12.8. The first-order valence-electron chi connectivity index (χ1n) is 8.14. The minimum absolute atomic E-state index is 0.0383. The van der Waals surface area contributed by atoms with Crippen molar-refractivity contribution in [2.24, 2.45) is 0 Å². The van der Waals surface area contributed by atoms with Crippen molar-refractivity contribution >= 4 is 23.2 Å². The first-order chi connectivity index (χ1) is 12.3. The Hall–Kier alpha value is -2.83. The summed E-state index contributed by atoms with van der Waals surface area (Å²) in [6, 6.07) is 11.1. The number of nitrogens with one attached hydrogen (secondary N) is 1. The third-order valence-corrected chi connectivity index (χ3v) is 4.06. The summed E-state index contributed by atoms with van der Waals surface area (Å²) >= 11 is 0. The van der Waals surface area contributed by atoms with Gasteiger partial charge in [-0.15, -0.1) is 0 Å². The Morgan fingerprint density at radius 3 is 2.04 bits per heavy atom. The molecule has 26 heavy (non-hydrogen) atoms. The van der Waals surface area contributed by atoms with Gasteiger partial charge in [-0.3, -0.25) is 9.59 Å². The second kappa shape index (κ2) is 6.82.